The summed E-state index contributed by atoms with van der Waals surface area (Å²) < 4.78 is 3.73. The normalized spacial score (nSPS) is 20.7. The van der Waals surface area contributed by atoms with E-state index in [2.05, 4.69) is 46.8 Å². The van der Waals surface area contributed by atoms with Crippen LogP contribution in [0.5, 0.6) is 0 Å². The van der Waals surface area contributed by atoms with E-state index in [1.54, 1.807) is 4.57 Å². The number of aromatic nitrogens is 5. The molecule has 3 N–H and O–H groups in total. The number of aromatic amines is 1. The standard InChI is InChI=1S/C22H32N8O/c1-13(2)14(3)30-12-16(20-19(22(30)31)21(23)25-24-20)17-10-18(27(4)26-17)29-9-8-28-7-5-6-15(28)11-29/h10,12-15H,5-9,11H2,1-4H3,(H3,23,24,25)/t14-,15?/m0/s1. The highest BCUT2D eigenvalue weighted by Crippen LogP contribution is 2.32. The SMILES string of the molecule is CC(C)[C@H](C)n1cc(-c2cc(N3CCN4CCCC4C3)n(C)n2)c2[nH]nc(N)c2c1=O. The van der Waals surface area contributed by atoms with Crippen molar-refractivity contribution in [1.29, 1.82) is 0 Å². The zero-order chi connectivity index (χ0) is 21.9. The van der Waals surface area contributed by atoms with Gasteiger partial charge in [0.05, 0.1) is 11.2 Å². The molecule has 2 fully saturated rings. The number of nitrogens with two attached hydrogens (primary N) is 1. The molecular weight excluding hydrogens is 392 g/mol. The molecule has 0 saturated carbocycles. The van der Waals surface area contributed by atoms with Crippen molar-refractivity contribution >= 4 is 22.5 Å². The first-order valence-electron chi connectivity index (χ1n) is 11.3. The molecule has 0 amide bonds. The molecule has 0 radical (unpaired) electrons. The third-order valence-electron chi connectivity index (χ3n) is 7.23. The van der Waals surface area contributed by atoms with Crippen molar-refractivity contribution in [2.75, 3.05) is 36.8 Å². The lowest BCUT2D eigenvalue weighted by molar-refractivity contribution is 0.229. The zero-order valence-electron chi connectivity index (χ0n) is 18.8. The number of rotatable bonds is 4. The van der Waals surface area contributed by atoms with E-state index < -0.39 is 0 Å². The van der Waals surface area contributed by atoms with Crippen LogP contribution in [0.3, 0.4) is 0 Å². The van der Waals surface area contributed by atoms with Gasteiger partial charge in [0.25, 0.3) is 5.56 Å². The van der Waals surface area contributed by atoms with Gasteiger partial charge in [-0.1, -0.05) is 13.8 Å². The number of hydrogen-bond donors (Lipinski definition) is 2. The summed E-state index contributed by atoms with van der Waals surface area (Å²) in [5, 5.41) is 12.4. The molecular formula is C22H32N8O. The Morgan fingerprint density at radius 3 is 2.81 bits per heavy atom. The van der Waals surface area contributed by atoms with Gasteiger partial charge in [0.2, 0.25) is 0 Å². The summed E-state index contributed by atoms with van der Waals surface area (Å²) in [6, 6.07) is 2.80. The maximum atomic E-state index is 13.1. The van der Waals surface area contributed by atoms with Crippen LogP contribution in [0.2, 0.25) is 0 Å². The number of hydrogen-bond acceptors (Lipinski definition) is 6. The summed E-state index contributed by atoms with van der Waals surface area (Å²) in [5.74, 6) is 1.65. The van der Waals surface area contributed by atoms with Crippen LogP contribution in [-0.2, 0) is 7.05 Å². The lowest BCUT2D eigenvalue weighted by Gasteiger charge is -2.38. The van der Waals surface area contributed by atoms with Crippen molar-refractivity contribution in [1.82, 2.24) is 29.4 Å². The monoisotopic (exact) mass is 424 g/mol. The minimum atomic E-state index is -0.111. The molecule has 3 aromatic heterocycles. The Labute approximate surface area is 181 Å². The molecule has 2 saturated heterocycles. The zero-order valence-corrected chi connectivity index (χ0v) is 18.8. The number of nitrogens with one attached hydrogen (secondary N) is 1. The van der Waals surface area contributed by atoms with Crippen LogP contribution in [0, 0.1) is 5.92 Å². The molecule has 5 rings (SSSR count). The summed E-state index contributed by atoms with van der Waals surface area (Å²) in [6.45, 7) is 10.7. The Balaban J connectivity index is 1.59. The number of aryl methyl sites for hydroxylation is 1. The third kappa shape index (κ3) is 3.22. The maximum absolute atomic E-state index is 13.1. The fourth-order valence-corrected chi connectivity index (χ4v) is 5.06. The van der Waals surface area contributed by atoms with E-state index in [0.717, 1.165) is 36.7 Å². The second-order valence-corrected chi connectivity index (χ2v) is 9.39. The molecule has 5 heterocycles. The number of anilines is 2. The number of piperazine rings is 1. The quantitative estimate of drug-likeness (QED) is 0.666. The van der Waals surface area contributed by atoms with Gasteiger partial charge in [-0.05, 0) is 32.2 Å². The number of fused-ring (bicyclic) bond motifs is 2. The fraction of sp³-hybridized carbons (Fsp3) is 0.591. The molecule has 1 unspecified atom stereocenters. The molecule has 166 valence electrons. The van der Waals surface area contributed by atoms with Crippen LogP contribution in [0.4, 0.5) is 11.6 Å². The molecule has 0 aliphatic carbocycles. The van der Waals surface area contributed by atoms with Crippen molar-refractivity contribution in [3.05, 3.63) is 22.6 Å². The van der Waals surface area contributed by atoms with Crippen LogP contribution in [-0.4, -0.2) is 61.7 Å². The Morgan fingerprint density at radius 1 is 1.23 bits per heavy atom. The highest BCUT2D eigenvalue weighted by Gasteiger charge is 2.32. The largest absolute Gasteiger partial charge is 0.382 e. The van der Waals surface area contributed by atoms with Gasteiger partial charge in [-0.25, -0.2) is 0 Å². The van der Waals surface area contributed by atoms with Crippen molar-refractivity contribution in [3.63, 3.8) is 0 Å². The van der Waals surface area contributed by atoms with Crippen molar-refractivity contribution in [2.24, 2.45) is 13.0 Å². The summed E-state index contributed by atoms with van der Waals surface area (Å²) in [5.41, 5.74) is 8.30. The highest BCUT2D eigenvalue weighted by atomic mass is 16.1. The van der Waals surface area contributed by atoms with E-state index in [1.165, 1.54) is 19.4 Å². The average Bonchev–Trinajstić information content (AvgIpc) is 3.46. The second kappa shape index (κ2) is 7.40. The van der Waals surface area contributed by atoms with E-state index in [-0.39, 0.29) is 17.4 Å². The molecule has 2 aliphatic heterocycles. The van der Waals surface area contributed by atoms with Gasteiger partial charge in [0.15, 0.2) is 5.82 Å². The van der Waals surface area contributed by atoms with E-state index in [1.807, 2.05) is 17.9 Å². The lowest BCUT2D eigenvalue weighted by Crippen LogP contribution is -2.50. The molecule has 9 heteroatoms. The predicted octanol–water partition coefficient (Wildman–Crippen LogP) is 2.21. The summed E-state index contributed by atoms with van der Waals surface area (Å²) in [4.78, 5) is 18.2. The van der Waals surface area contributed by atoms with Gasteiger partial charge in [0.1, 0.15) is 11.2 Å². The van der Waals surface area contributed by atoms with Crippen molar-refractivity contribution in [3.8, 4) is 11.3 Å². The molecule has 2 atom stereocenters. The molecule has 31 heavy (non-hydrogen) atoms. The van der Waals surface area contributed by atoms with E-state index in [0.29, 0.717) is 22.9 Å². The first-order chi connectivity index (χ1) is 14.8. The minimum Gasteiger partial charge on any atom is -0.382 e. The van der Waals surface area contributed by atoms with Crippen LogP contribution in [0.15, 0.2) is 17.1 Å². The Hall–Kier alpha value is -2.81. The van der Waals surface area contributed by atoms with Gasteiger partial charge >= 0.3 is 0 Å². The number of pyridine rings is 1. The van der Waals surface area contributed by atoms with E-state index in [9.17, 15) is 4.79 Å². The van der Waals surface area contributed by atoms with E-state index in [4.69, 9.17) is 10.8 Å². The summed E-state index contributed by atoms with van der Waals surface area (Å²) in [6.07, 6.45) is 4.48. The van der Waals surface area contributed by atoms with Crippen molar-refractivity contribution < 1.29 is 0 Å². The molecule has 3 aromatic rings. The first-order valence-corrected chi connectivity index (χ1v) is 11.3. The summed E-state index contributed by atoms with van der Waals surface area (Å²) in [7, 11) is 1.99. The summed E-state index contributed by atoms with van der Waals surface area (Å²) >= 11 is 0. The predicted molar refractivity (Wildman–Crippen MR) is 123 cm³/mol. The number of nitrogen functional groups attached to an aromatic ring is 1. The maximum Gasteiger partial charge on any atom is 0.264 e. The first kappa shape index (κ1) is 20.1. The smallest absolute Gasteiger partial charge is 0.264 e. The van der Waals surface area contributed by atoms with Crippen LogP contribution < -0.4 is 16.2 Å². The van der Waals surface area contributed by atoms with Gasteiger partial charge in [-0.2, -0.15) is 10.2 Å². The van der Waals surface area contributed by atoms with Crippen LogP contribution >= 0.6 is 0 Å². The Morgan fingerprint density at radius 2 is 2.03 bits per heavy atom. The van der Waals surface area contributed by atoms with Crippen LogP contribution in [0.25, 0.3) is 22.2 Å². The Kier molecular flexibility index (Phi) is 4.80. The fourth-order valence-electron chi connectivity index (χ4n) is 5.06. The molecule has 0 aromatic carbocycles. The lowest BCUT2D eigenvalue weighted by atomic mass is 10.0. The highest BCUT2D eigenvalue weighted by molar-refractivity contribution is 5.97. The Bertz CT molecular complexity index is 1170. The average molecular weight is 425 g/mol. The second-order valence-electron chi connectivity index (χ2n) is 9.39. The van der Waals surface area contributed by atoms with Crippen molar-refractivity contribution in [2.45, 2.75) is 45.7 Å². The topological polar surface area (TPSA) is 101 Å². The minimum absolute atomic E-state index is 0.0311. The van der Waals surface area contributed by atoms with Gasteiger partial charge in [0, 0.05) is 56.6 Å². The molecule has 0 bridgehead atoms. The third-order valence-corrected chi connectivity index (χ3v) is 7.23. The molecule has 0 spiro atoms. The number of nitrogens with zero attached hydrogens (tertiary/aromatic N) is 6. The van der Waals surface area contributed by atoms with E-state index >= 15 is 0 Å². The van der Waals surface area contributed by atoms with Gasteiger partial charge in [-0.15, -0.1) is 0 Å². The molecule has 9 nitrogen and oxygen atoms in total. The van der Waals surface area contributed by atoms with Crippen LogP contribution in [0.1, 0.15) is 39.7 Å². The molecule has 2 aliphatic rings. The van der Waals surface area contributed by atoms with Gasteiger partial charge in [-0.3, -0.25) is 19.5 Å². The number of H-pyrrole nitrogens is 1. The van der Waals surface area contributed by atoms with Gasteiger partial charge < -0.3 is 15.2 Å².